The van der Waals surface area contributed by atoms with Gasteiger partial charge in [0, 0.05) is 6.04 Å². The van der Waals surface area contributed by atoms with Crippen LogP contribution in [-0.4, -0.2) is 35.6 Å². The number of esters is 1. The number of hydrogen-bond acceptors (Lipinski definition) is 3. The molecule has 2 heterocycles. The first-order valence-corrected chi connectivity index (χ1v) is 5.94. The summed E-state index contributed by atoms with van der Waals surface area (Å²) in [6, 6.07) is 0.472. The third kappa shape index (κ3) is 2.33. The van der Waals surface area contributed by atoms with E-state index in [1.165, 1.54) is 19.4 Å². The maximum absolute atomic E-state index is 12.0. The molecule has 0 radical (unpaired) electrons. The van der Waals surface area contributed by atoms with Gasteiger partial charge in [-0.1, -0.05) is 0 Å². The molecule has 0 aromatic heterocycles. The summed E-state index contributed by atoms with van der Waals surface area (Å²) in [6.45, 7) is 8.06. The Morgan fingerprint density at radius 1 is 1.27 bits per heavy atom. The lowest BCUT2D eigenvalue weighted by Gasteiger charge is -2.24. The fourth-order valence-electron chi connectivity index (χ4n) is 2.73. The van der Waals surface area contributed by atoms with Crippen LogP contribution in [0.4, 0.5) is 0 Å². The van der Waals surface area contributed by atoms with Crippen molar-refractivity contribution in [2.24, 2.45) is 5.92 Å². The first-order valence-electron chi connectivity index (χ1n) is 5.94. The third-order valence-corrected chi connectivity index (χ3v) is 3.32. The van der Waals surface area contributed by atoms with Crippen LogP contribution in [0.1, 0.15) is 40.0 Å². The van der Waals surface area contributed by atoms with E-state index in [4.69, 9.17) is 4.74 Å². The minimum Gasteiger partial charge on any atom is -0.460 e. The van der Waals surface area contributed by atoms with Gasteiger partial charge in [-0.15, -0.1) is 0 Å². The lowest BCUT2D eigenvalue weighted by molar-refractivity contribution is -0.160. The minimum atomic E-state index is -0.344. The van der Waals surface area contributed by atoms with Crippen LogP contribution in [0.2, 0.25) is 0 Å². The van der Waals surface area contributed by atoms with Gasteiger partial charge >= 0.3 is 5.97 Å². The molecule has 15 heavy (non-hydrogen) atoms. The van der Waals surface area contributed by atoms with E-state index in [0.717, 1.165) is 13.0 Å². The number of rotatable bonds is 1. The first-order chi connectivity index (χ1) is 6.97. The highest BCUT2D eigenvalue weighted by molar-refractivity contribution is 5.74. The second-order valence-corrected chi connectivity index (χ2v) is 5.67. The molecule has 0 amide bonds. The third-order valence-electron chi connectivity index (χ3n) is 3.32. The summed E-state index contributed by atoms with van der Waals surface area (Å²) in [6.07, 6.45) is 3.40. The van der Waals surface area contributed by atoms with Crippen LogP contribution in [0, 0.1) is 5.92 Å². The summed E-state index contributed by atoms with van der Waals surface area (Å²) in [7, 11) is 0. The van der Waals surface area contributed by atoms with Crippen LogP contribution in [0.3, 0.4) is 0 Å². The molecule has 0 bridgehead atoms. The predicted molar refractivity (Wildman–Crippen MR) is 58.5 cm³/mol. The van der Waals surface area contributed by atoms with Gasteiger partial charge < -0.3 is 4.74 Å². The van der Waals surface area contributed by atoms with Crippen molar-refractivity contribution in [3.05, 3.63) is 0 Å². The van der Waals surface area contributed by atoms with Gasteiger partial charge in [-0.05, 0) is 53.1 Å². The van der Waals surface area contributed by atoms with Crippen molar-refractivity contribution in [3.63, 3.8) is 0 Å². The summed E-state index contributed by atoms with van der Waals surface area (Å²) < 4.78 is 5.46. The number of carbonyl (C=O) groups is 1. The standard InChI is InChI=1S/C12H21NO2/c1-12(2,3)15-11(14)9-6-8-13-7-4-5-10(9)13/h9-10H,4-8H2,1-3H3. The molecule has 0 spiro atoms. The van der Waals surface area contributed by atoms with Gasteiger partial charge in [-0.2, -0.15) is 0 Å². The van der Waals surface area contributed by atoms with Gasteiger partial charge in [0.05, 0.1) is 5.92 Å². The topological polar surface area (TPSA) is 29.5 Å². The molecule has 2 unspecified atom stereocenters. The summed E-state index contributed by atoms with van der Waals surface area (Å²) in [5, 5.41) is 0. The highest BCUT2D eigenvalue weighted by atomic mass is 16.6. The summed E-state index contributed by atoms with van der Waals surface area (Å²) >= 11 is 0. The van der Waals surface area contributed by atoms with E-state index in [0.29, 0.717) is 6.04 Å². The Hall–Kier alpha value is -0.570. The molecule has 0 aromatic rings. The highest BCUT2D eigenvalue weighted by Crippen LogP contribution is 2.34. The Labute approximate surface area is 91.8 Å². The molecular weight excluding hydrogens is 190 g/mol. The van der Waals surface area contributed by atoms with Gasteiger partial charge in [0.15, 0.2) is 0 Å². The molecule has 2 atom stereocenters. The lowest BCUT2D eigenvalue weighted by atomic mass is 9.98. The summed E-state index contributed by atoms with van der Waals surface area (Å²) in [4.78, 5) is 14.4. The summed E-state index contributed by atoms with van der Waals surface area (Å²) in [5.41, 5.74) is -0.344. The van der Waals surface area contributed by atoms with Gasteiger partial charge in [0.1, 0.15) is 5.60 Å². The van der Waals surface area contributed by atoms with Gasteiger partial charge in [-0.3, -0.25) is 9.69 Å². The van der Waals surface area contributed by atoms with Crippen molar-refractivity contribution < 1.29 is 9.53 Å². The number of ether oxygens (including phenoxy) is 1. The smallest absolute Gasteiger partial charge is 0.311 e. The largest absolute Gasteiger partial charge is 0.460 e. The predicted octanol–water partition coefficient (Wildman–Crippen LogP) is 1.81. The molecule has 2 fully saturated rings. The van der Waals surface area contributed by atoms with E-state index < -0.39 is 0 Å². The van der Waals surface area contributed by atoms with E-state index in [1.54, 1.807) is 0 Å². The van der Waals surface area contributed by atoms with Crippen molar-refractivity contribution in [2.45, 2.75) is 51.7 Å². The summed E-state index contributed by atoms with van der Waals surface area (Å²) in [5.74, 6) is 0.142. The molecule has 2 saturated heterocycles. The molecule has 0 aliphatic carbocycles. The molecule has 86 valence electrons. The van der Waals surface area contributed by atoms with Crippen LogP contribution < -0.4 is 0 Å². The lowest BCUT2D eigenvalue weighted by Crippen LogP contribution is -2.34. The monoisotopic (exact) mass is 211 g/mol. The fraction of sp³-hybridized carbons (Fsp3) is 0.917. The molecule has 3 nitrogen and oxygen atoms in total. The van der Waals surface area contributed by atoms with Crippen LogP contribution in [0.25, 0.3) is 0 Å². The Bertz CT molecular complexity index is 257. The molecule has 0 N–H and O–H groups in total. The van der Waals surface area contributed by atoms with E-state index in [2.05, 4.69) is 4.90 Å². The zero-order valence-electron chi connectivity index (χ0n) is 9.95. The molecule has 0 saturated carbocycles. The van der Waals surface area contributed by atoms with Gasteiger partial charge in [-0.25, -0.2) is 0 Å². The maximum Gasteiger partial charge on any atom is 0.311 e. The van der Waals surface area contributed by atoms with Crippen molar-refractivity contribution in [3.8, 4) is 0 Å². The normalized spacial score (nSPS) is 31.7. The van der Waals surface area contributed by atoms with E-state index >= 15 is 0 Å². The molecule has 2 aliphatic rings. The van der Waals surface area contributed by atoms with Crippen molar-refractivity contribution >= 4 is 5.97 Å². The number of hydrogen-bond donors (Lipinski definition) is 0. The molecular formula is C12H21NO2. The number of carbonyl (C=O) groups excluding carboxylic acids is 1. The van der Waals surface area contributed by atoms with Gasteiger partial charge in [0.25, 0.3) is 0 Å². The highest BCUT2D eigenvalue weighted by Gasteiger charge is 2.42. The van der Waals surface area contributed by atoms with Crippen LogP contribution in [0.5, 0.6) is 0 Å². The average Bonchev–Trinajstić information content (AvgIpc) is 2.57. The maximum atomic E-state index is 12.0. The quantitative estimate of drug-likeness (QED) is 0.620. The Kier molecular flexibility index (Phi) is 2.75. The molecule has 2 rings (SSSR count). The second kappa shape index (κ2) is 3.78. The zero-order chi connectivity index (χ0) is 11.1. The Morgan fingerprint density at radius 3 is 2.67 bits per heavy atom. The number of nitrogens with zero attached hydrogens (tertiary/aromatic N) is 1. The van der Waals surface area contributed by atoms with Crippen molar-refractivity contribution in [1.82, 2.24) is 4.90 Å². The Balaban J connectivity index is 1.96. The SMILES string of the molecule is CC(C)(C)OC(=O)C1CCN2CCCC12. The first kappa shape index (κ1) is 10.9. The molecule has 2 aliphatic heterocycles. The van der Waals surface area contributed by atoms with Gasteiger partial charge in [0.2, 0.25) is 0 Å². The number of fused-ring (bicyclic) bond motifs is 1. The molecule has 3 heteroatoms. The van der Waals surface area contributed by atoms with Crippen molar-refractivity contribution in [2.75, 3.05) is 13.1 Å². The fourth-order valence-corrected chi connectivity index (χ4v) is 2.73. The van der Waals surface area contributed by atoms with Crippen molar-refractivity contribution in [1.29, 1.82) is 0 Å². The van der Waals surface area contributed by atoms with E-state index in [-0.39, 0.29) is 17.5 Å². The van der Waals surface area contributed by atoms with E-state index in [1.807, 2.05) is 20.8 Å². The second-order valence-electron chi connectivity index (χ2n) is 5.67. The van der Waals surface area contributed by atoms with Crippen LogP contribution in [-0.2, 0) is 9.53 Å². The minimum absolute atomic E-state index is 0.0110. The molecule has 0 aromatic carbocycles. The van der Waals surface area contributed by atoms with Crippen LogP contribution in [0.15, 0.2) is 0 Å². The Morgan fingerprint density at radius 2 is 2.00 bits per heavy atom. The zero-order valence-corrected chi connectivity index (χ0v) is 9.95. The van der Waals surface area contributed by atoms with Crippen LogP contribution >= 0.6 is 0 Å². The average molecular weight is 211 g/mol. The van der Waals surface area contributed by atoms with E-state index in [9.17, 15) is 4.79 Å².